The van der Waals surface area contributed by atoms with E-state index in [9.17, 15) is 9.18 Å². The normalized spacial score (nSPS) is 13.7. The summed E-state index contributed by atoms with van der Waals surface area (Å²) in [5, 5.41) is 0. The molecule has 1 aliphatic rings. The first kappa shape index (κ1) is 15.5. The molecular weight excluding hydrogens is 293 g/mol. The zero-order valence-electron chi connectivity index (χ0n) is 13.2. The highest BCUT2D eigenvalue weighted by Crippen LogP contribution is 2.30. The summed E-state index contributed by atoms with van der Waals surface area (Å²) in [6, 6.07) is 14.0. The van der Waals surface area contributed by atoms with Crippen LogP contribution in [0, 0.1) is 5.82 Å². The summed E-state index contributed by atoms with van der Waals surface area (Å²) in [7, 11) is 0. The highest BCUT2D eigenvalue weighted by atomic mass is 19.1. The van der Waals surface area contributed by atoms with Gasteiger partial charge in [0, 0.05) is 23.7 Å². The Morgan fingerprint density at radius 1 is 1.17 bits per heavy atom. The molecule has 1 saturated carbocycles. The highest BCUT2D eigenvalue weighted by Gasteiger charge is 2.33. The lowest BCUT2D eigenvalue weighted by Gasteiger charge is -2.23. The van der Waals surface area contributed by atoms with E-state index >= 15 is 0 Å². The molecular formula is C19H20FNO2. The first-order valence-electron chi connectivity index (χ1n) is 7.96. The molecule has 1 aliphatic carbocycles. The third-order valence-electron chi connectivity index (χ3n) is 3.96. The Labute approximate surface area is 135 Å². The van der Waals surface area contributed by atoms with Crippen LogP contribution in [0.1, 0.15) is 35.7 Å². The maximum atomic E-state index is 13.9. The smallest absolute Gasteiger partial charge is 0.254 e. The van der Waals surface area contributed by atoms with Crippen LogP contribution >= 0.6 is 0 Å². The van der Waals surface area contributed by atoms with E-state index in [1.54, 1.807) is 47.4 Å². The van der Waals surface area contributed by atoms with Gasteiger partial charge in [-0.25, -0.2) is 4.39 Å². The maximum Gasteiger partial charge on any atom is 0.254 e. The quantitative estimate of drug-likeness (QED) is 0.806. The van der Waals surface area contributed by atoms with Crippen LogP contribution in [0.15, 0.2) is 48.5 Å². The molecule has 1 amide bonds. The minimum absolute atomic E-state index is 0.0567. The van der Waals surface area contributed by atoms with Crippen molar-refractivity contribution in [1.29, 1.82) is 0 Å². The van der Waals surface area contributed by atoms with Gasteiger partial charge in [-0.05, 0) is 50.1 Å². The SMILES string of the molecule is CCOc1ccc(C(=O)N(Cc2ccccc2F)C2CC2)cc1. The molecule has 0 N–H and O–H groups in total. The Morgan fingerprint density at radius 2 is 1.87 bits per heavy atom. The van der Waals surface area contributed by atoms with Crippen LogP contribution in [0.2, 0.25) is 0 Å². The molecule has 2 aromatic carbocycles. The van der Waals surface area contributed by atoms with Crippen LogP contribution in [0.3, 0.4) is 0 Å². The maximum absolute atomic E-state index is 13.9. The largest absolute Gasteiger partial charge is 0.494 e. The van der Waals surface area contributed by atoms with Crippen molar-refractivity contribution in [3.8, 4) is 5.75 Å². The van der Waals surface area contributed by atoms with Crippen LogP contribution in [-0.4, -0.2) is 23.5 Å². The van der Waals surface area contributed by atoms with E-state index in [-0.39, 0.29) is 17.8 Å². The average molecular weight is 313 g/mol. The summed E-state index contributed by atoms with van der Waals surface area (Å²) in [6.07, 6.45) is 1.97. The summed E-state index contributed by atoms with van der Waals surface area (Å²) >= 11 is 0. The Balaban J connectivity index is 1.78. The number of rotatable bonds is 6. The molecule has 0 aromatic heterocycles. The fourth-order valence-corrected chi connectivity index (χ4v) is 2.59. The van der Waals surface area contributed by atoms with Gasteiger partial charge in [-0.1, -0.05) is 18.2 Å². The topological polar surface area (TPSA) is 29.5 Å². The van der Waals surface area contributed by atoms with Gasteiger partial charge >= 0.3 is 0 Å². The van der Waals surface area contributed by atoms with E-state index in [1.807, 2.05) is 6.92 Å². The van der Waals surface area contributed by atoms with Gasteiger partial charge in [0.25, 0.3) is 5.91 Å². The van der Waals surface area contributed by atoms with Gasteiger partial charge < -0.3 is 9.64 Å². The predicted molar refractivity (Wildman–Crippen MR) is 86.9 cm³/mol. The highest BCUT2D eigenvalue weighted by molar-refractivity contribution is 5.94. The molecule has 0 unspecified atom stereocenters. The minimum Gasteiger partial charge on any atom is -0.494 e. The van der Waals surface area contributed by atoms with Crippen molar-refractivity contribution < 1.29 is 13.9 Å². The molecule has 23 heavy (non-hydrogen) atoms. The van der Waals surface area contributed by atoms with Crippen molar-refractivity contribution in [2.45, 2.75) is 32.4 Å². The lowest BCUT2D eigenvalue weighted by Crippen LogP contribution is -2.32. The number of benzene rings is 2. The Bertz CT molecular complexity index is 680. The molecule has 2 aromatic rings. The molecule has 0 saturated heterocycles. The predicted octanol–water partition coefficient (Wildman–Crippen LogP) is 4.03. The van der Waals surface area contributed by atoms with Crippen LogP contribution in [0.25, 0.3) is 0 Å². The third kappa shape index (κ3) is 3.70. The Morgan fingerprint density at radius 3 is 2.48 bits per heavy atom. The molecule has 0 heterocycles. The molecule has 0 spiro atoms. The van der Waals surface area contributed by atoms with Crippen molar-refractivity contribution in [2.24, 2.45) is 0 Å². The van der Waals surface area contributed by atoms with E-state index in [0.29, 0.717) is 24.3 Å². The number of nitrogens with zero attached hydrogens (tertiary/aromatic N) is 1. The number of carbonyl (C=O) groups excluding carboxylic acids is 1. The summed E-state index contributed by atoms with van der Waals surface area (Å²) in [5.74, 6) is 0.424. The van der Waals surface area contributed by atoms with E-state index < -0.39 is 0 Å². The van der Waals surface area contributed by atoms with Crippen molar-refractivity contribution in [2.75, 3.05) is 6.61 Å². The summed E-state index contributed by atoms with van der Waals surface area (Å²) in [5.41, 5.74) is 1.16. The Kier molecular flexibility index (Phi) is 4.60. The second kappa shape index (κ2) is 6.82. The first-order chi connectivity index (χ1) is 11.2. The van der Waals surface area contributed by atoms with Gasteiger partial charge in [0.2, 0.25) is 0 Å². The van der Waals surface area contributed by atoms with E-state index in [2.05, 4.69) is 0 Å². The standard InChI is InChI=1S/C19H20FNO2/c1-2-23-17-11-7-14(8-12-17)19(22)21(16-9-10-16)13-15-5-3-4-6-18(15)20/h3-8,11-12,16H,2,9-10,13H2,1H3. The molecule has 120 valence electrons. The summed E-state index contributed by atoms with van der Waals surface area (Å²) < 4.78 is 19.3. The lowest BCUT2D eigenvalue weighted by atomic mass is 10.1. The van der Waals surface area contributed by atoms with E-state index in [1.165, 1.54) is 6.07 Å². The average Bonchev–Trinajstić information content (AvgIpc) is 3.39. The molecule has 0 aliphatic heterocycles. The Hall–Kier alpha value is -2.36. The second-order valence-corrected chi connectivity index (χ2v) is 5.71. The molecule has 3 nitrogen and oxygen atoms in total. The lowest BCUT2D eigenvalue weighted by molar-refractivity contribution is 0.0728. The fraction of sp³-hybridized carbons (Fsp3) is 0.316. The van der Waals surface area contributed by atoms with Gasteiger partial charge in [0.05, 0.1) is 6.61 Å². The monoisotopic (exact) mass is 313 g/mol. The molecule has 1 fully saturated rings. The van der Waals surface area contributed by atoms with E-state index in [4.69, 9.17) is 4.74 Å². The number of amides is 1. The zero-order chi connectivity index (χ0) is 16.2. The van der Waals surface area contributed by atoms with E-state index in [0.717, 1.165) is 18.6 Å². The van der Waals surface area contributed by atoms with Gasteiger partial charge in [-0.3, -0.25) is 4.79 Å². The number of hydrogen-bond acceptors (Lipinski definition) is 2. The van der Waals surface area contributed by atoms with Crippen molar-refractivity contribution >= 4 is 5.91 Å². The third-order valence-corrected chi connectivity index (χ3v) is 3.96. The fourth-order valence-electron chi connectivity index (χ4n) is 2.59. The number of hydrogen-bond donors (Lipinski definition) is 0. The van der Waals surface area contributed by atoms with Crippen LogP contribution in [0.5, 0.6) is 5.75 Å². The molecule has 0 atom stereocenters. The molecule has 0 bridgehead atoms. The molecule has 0 radical (unpaired) electrons. The van der Waals surface area contributed by atoms with Crippen LogP contribution < -0.4 is 4.74 Å². The van der Waals surface area contributed by atoms with Gasteiger partial charge in [-0.2, -0.15) is 0 Å². The van der Waals surface area contributed by atoms with Gasteiger partial charge in [0.15, 0.2) is 0 Å². The molecule has 4 heteroatoms. The van der Waals surface area contributed by atoms with Crippen molar-refractivity contribution in [3.63, 3.8) is 0 Å². The number of carbonyl (C=O) groups is 1. The minimum atomic E-state index is -0.266. The summed E-state index contributed by atoms with van der Waals surface area (Å²) in [6.45, 7) is 2.82. The zero-order valence-corrected chi connectivity index (χ0v) is 13.2. The van der Waals surface area contributed by atoms with Crippen molar-refractivity contribution in [1.82, 2.24) is 4.90 Å². The summed E-state index contributed by atoms with van der Waals surface area (Å²) in [4.78, 5) is 14.5. The van der Waals surface area contributed by atoms with Crippen LogP contribution in [-0.2, 0) is 6.54 Å². The van der Waals surface area contributed by atoms with Crippen molar-refractivity contribution in [3.05, 3.63) is 65.5 Å². The number of halogens is 1. The first-order valence-corrected chi connectivity index (χ1v) is 7.96. The van der Waals surface area contributed by atoms with Gasteiger partial charge in [0.1, 0.15) is 11.6 Å². The number of ether oxygens (including phenoxy) is 1. The second-order valence-electron chi connectivity index (χ2n) is 5.71. The molecule has 3 rings (SSSR count). The van der Waals surface area contributed by atoms with Gasteiger partial charge in [-0.15, -0.1) is 0 Å². The van der Waals surface area contributed by atoms with Crippen LogP contribution in [0.4, 0.5) is 4.39 Å².